The molecule has 0 aromatic rings. The number of carbonyl (C=O) groups is 1. The minimum Gasteiger partial charge on any atom is -0.392 e. The fourth-order valence-corrected chi connectivity index (χ4v) is 2.35. The molecule has 102 valence electrons. The van der Waals surface area contributed by atoms with Gasteiger partial charge in [0.1, 0.15) is 5.54 Å². The van der Waals surface area contributed by atoms with Gasteiger partial charge in [-0.05, 0) is 32.2 Å². The number of nitrogens with zero attached hydrogens (tertiary/aromatic N) is 1. The summed E-state index contributed by atoms with van der Waals surface area (Å²) in [5.41, 5.74) is -0.522. The Morgan fingerprint density at radius 2 is 2.22 bits per heavy atom. The summed E-state index contributed by atoms with van der Waals surface area (Å²) < 4.78 is 0. The highest BCUT2D eigenvalue weighted by Gasteiger charge is 2.27. The third kappa shape index (κ3) is 4.01. The summed E-state index contributed by atoms with van der Waals surface area (Å²) in [6.45, 7) is 5.73. The highest BCUT2D eigenvalue weighted by molar-refractivity contribution is 5.79. The van der Waals surface area contributed by atoms with Crippen molar-refractivity contribution < 1.29 is 9.90 Å². The lowest BCUT2D eigenvalue weighted by Crippen LogP contribution is -2.51. The number of aliphatic hydroxyl groups is 1. The molecule has 1 aliphatic rings. The maximum atomic E-state index is 12.0. The van der Waals surface area contributed by atoms with E-state index in [0.717, 1.165) is 32.2 Å². The molecule has 1 heterocycles. The summed E-state index contributed by atoms with van der Waals surface area (Å²) >= 11 is 0. The monoisotopic (exact) mass is 252 g/mol. The summed E-state index contributed by atoms with van der Waals surface area (Å²) in [5, 5.41) is 12.5. The Morgan fingerprint density at radius 3 is 2.72 bits per heavy atom. The highest BCUT2D eigenvalue weighted by Crippen LogP contribution is 2.14. The Morgan fingerprint density at radius 1 is 1.56 bits per heavy atom. The molecule has 1 fully saturated rings. The number of nitrogens with one attached hydrogen (secondary N) is 1. The first-order valence-corrected chi connectivity index (χ1v) is 6.74. The van der Waals surface area contributed by atoms with E-state index in [0.29, 0.717) is 13.1 Å². The predicted octanol–water partition coefficient (Wildman–Crippen LogP) is 0.751. The van der Waals surface area contributed by atoms with Crippen LogP contribution in [-0.2, 0) is 4.79 Å². The number of rotatable bonds is 5. The van der Waals surface area contributed by atoms with Gasteiger partial charge >= 0.3 is 0 Å². The second kappa shape index (κ2) is 6.77. The molecule has 1 atom stereocenters. The van der Waals surface area contributed by atoms with Gasteiger partial charge in [-0.15, -0.1) is 6.42 Å². The molecule has 4 nitrogen and oxygen atoms in total. The number of aliphatic hydroxyl groups excluding tert-OH is 1. The number of amides is 1. The molecule has 0 aromatic heterocycles. The Labute approximate surface area is 110 Å². The summed E-state index contributed by atoms with van der Waals surface area (Å²) in [4.78, 5) is 14.0. The molecular weight excluding hydrogens is 228 g/mol. The Kier molecular flexibility index (Phi) is 5.64. The van der Waals surface area contributed by atoms with Crippen molar-refractivity contribution in [2.24, 2.45) is 0 Å². The molecule has 2 N–H and O–H groups in total. The quantitative estimate of drug-likeness (QED) is 0.710. The van der Waals surface area contributed by atoms with E-state index >= 15 is 0 Å². The number of hydrogen-bond donors (Lipinski definition) is 2. The molecular formula is C14H24N2O2. The van der Waals surface area contributed by atoms with E-state index in [9.17, 15) is 9.90 Å². The van der Waals surface area contributed by atoms with Crippen molar-refractivity contribution in [2.45, 2.75) is 51.2 Å². The third-order valence-corrected chi connectivity index (χ3v) is 3.71. The number of likely N-dealkylation sites (tertiary alicyclic amines) is 1. The van der Waals surface area contributed by atoms with Gasteiger partial charge in [0.25, 0.3) is 0 Å². The topological polar surface area (TPSA) is 52.6 Å². The minimum absolute atomic E-state index is 0.0502. The fraction of sp³-hybridized carbons (Fsp3) is 0.786. The summed E-state index contributed by atoms with van der Waals surface area (Å²) in [6.07, 6.45) is 8.44. The van der Waals surface area contributed by atoms with Gasteiger partial charge < -0.3 is 10.4 Å². The van der Waals surface area contributed by atoms with Gasteiger partial charge in [0.15, 0.2) is 0 Å². The normalized spacial score (nSPS) is 21.3. The van der Waals surface area contributed by atoms with E-state index in [1.165, 1.54) is 0 Å². The first kappa shape index (κ1) is 15.0. The third-order valence-electron chi connectivity index (χ3n) is 3.71. The van der Waals surface area contributed by atoms with Crippen molar-refractivity contribution >= 4 is 5.91 Å². The zero-order valence-corrected chi connectivity index (χ0v) is 11.4. The van der Waals surface area contributed by atoms with E-state index in [-0.39, 0.29) is 12.0 Å². The summed E-state index contributed by atoms with van der Waals surface area (Å²) in [6, 6.07) is 0. The molecule has 0 aliphatic carbocycles. The molecule has 0 radical (unpaired) electrons. The first-order chi connectivity index (χ1) is 8.55. The van der Waals surface area contributed by atoms with Crippen molar-refractivity contribution in [1.82, 2.24) is 10.2 Å². The van der Waals surface area contributed by atoms with Gasteiger partial charge in [-0.2, -0.15) is 0 Å². The molecule has 0 aromatic carbocycles. The molecule has 18 heavy (non-hydrogen) atoms. The van der Waals surface area contributed by atoms with Crippen LogP contribution in [0.5, 0.6) is 0 Å². The lowest BCUT2D eigenvalue weighted by atomic mass is 9.94. The largest absolute Gasteiger partial charge is 0.392 e. The Bertz CT molecular complexity index is 318. The second-order valence-corrected chi connectivity index (χ2v) is 5.01. The van der Waals surface area contributed by atoms with Crippen molar-refractivity contribution in [3.05, 3.63) is 0 Å². The summed E-state index contributed by atoms with van der Waals surface area (Å²) in [5.74, 6) is 2.64. The number of β-amino-alcohol motifs (C(OH)–C–C–N with tert-alkyl or cyclic N) is 1. The molecule has 1 aliphatic heterocycles. The van der Waals surface area contributed by atoms with Crippen LogP contribution in [0, 0.1) is 12.3 Å². The zero-order chi connectivity index (χ0) is 13.6. The van der Waals surface area contributed by atoms with Crippen molar-refractivity contribution in [3.8, 4) is 12.3 Å². The zero-order valence-electron chi connectivity index (χ0n) is 11.4. The number of hydrogen-bond acceptors (Lipinski definition) is 3. The number of piperidine rings is 1. The molecule has 1 unspecified atom stereocenters. The standard InChI is InChI=1S/C14H24N2O2/c1-4-14(5-2,6-3)15-13(18)11-16-9-7-8-12(17)10-16/h1,12,17H,5-11H2,2-3H3,(H,15,18). The van der Waals surface area contributed by atoms with E-state index in [1.807, 2.05) is 18.7 Å². The Hall–Kier alpha value is -1.05. The highest BCUT2D eigenvalue weighted by atomic mass is 16.3. The molecule has 0 bridgehead atoms. The van der Waals surface area contributed by atoms with Gasteiger partial charge in [0.05, 0.1) is 12.6 Å². The molecule has 1 amide bonds. The van der Waals surface area contributed by atoms with Gasteiger partial charge in [-0.3, -0.25) is 9.69 Å². The van der Waals surface area contributed by atoms with E-state index in [2.05, 4.69) is 11.2 Å². The van der Waals surface area contributed by atoms with Crippen molar-refractivity contribution in [3.63, 3.8) is 0 Å². The van der Waals surface area contributed by atoms with Crippen LogP contribution < -0.4 is 5.32 Å². The van der Waals surface area contributed by atoms with Crippen LogP contribution in [0.25, 0.3) is 0 Å². The second-order valence-electron chi connectivity index (χ2n) is 5.01. The van der Waals surface area contributed by atoms with Crippen LogP contribution in [0.15, 0.2) is 0 Å². The maximum absolute atomic E-state index is 12.0. The van der Waals surface area contributed by atoms with Crippen LogP contribution in [0.4, 0.5) is 0 Å². The molecule has 0 saturated carbocycles. The summed E-state index contributed by atoms with van der Waals surface area (Å²) in [7, 11) is 0. The molecule has 0 spiro atoms. The fourth-order valence-electron chi connectivity index (χ4n) is 2.35. The van der Waals surface area contributed by atoms with Crippen LogP contribution in [0.1, 0.15) is 39.5 Å². The van der Waals surface area contributed by atoms with E-state index in [1.54, 1.807) is 0 Å². The lowest BCUT2D eigenvalue weighted by Gasteiger charge is -2.32. The van der Waals surface area contributed by atoms with Crippen LogP contribution in [0.3, 0.4) is 0 Å². The predicted molar refractivity (Wildman–Crippen MR) is 72.0 cm³/mol. The van der Waals surface area contributed by atoms with Crippen LogP contribution in [-0.4, -0.2) is 47.2 Å². The van der Waals surface area contributed by atoms with Gasteiger partial charge in [-0.1, -0.05) is 19.8 Å². The van der Waals surface area contributed by atoms with Crippen LogP contribution >= 0.6 is 0 Å². The number of terminal acetylenes is 1. The van der Waals surface area contributed by atoms with Gasteiger partial charge in [-0.25, -0.2) is 0 Å². The van der Waals surface area contributed by atoms with Gasteiger partial charge in [0.2, 0.25) is 5.91 Å². The minimum atomic E-state index is -0.522. The average Bonchev–Trinajstić information content (AvgIpc) is 2.36. The van der Waals surface area contributed by atoms with E-state index in [4.69, 9.17) is 6.42 Å². The first-order valence-electron chi connectivity index (χ1n) is 6.74. The average molecular weight is 252 g/mol. The SMILES string of the molecule is C#CC(CC)(CC)NC(=O)CN1CCCC(O)C1. The molecule has 4 heteroatoms. The smallest absolute Gasteiger partial charge is 0.235 e. The van der Waals surface area contributed by atoms with Crippen LogP contribution in [0.2, 0.25) is 0 Å². The van der Waals surface area contributed by atoms with E-state index < -0.39 is 5.54 Å². The molecule has 1 saturated heterocycles. The molecule has 1 rings (SSSR count). The van der Waals surface area contributed by atoms with Crippen molar-refractivity contribution in [2.75, 3.05) is 19.6 Å². The van der Waals surface area contributed by atoms with Crippen molar-refractivity contribution in [1.29, 1.82) is 0 Å². The lowest BCUT2D eigenvalue weighted by molar-refractivity contribution is -0.124. The maximum Gasteiger partial charge on any atom is 0.235 e. The van der Waals surface area contributed by atoms with Gasteiger partial charge in [0, 0.05) is 6.54 Å². The Balaban J connectivity index is 2.48. The number of carbonyl (C=O) groups excluding carboxylic acids is 1.